The van der Waals surface area contributed by atoms with Crippen LogP contribution in [0, 0.1) is 10.1 Å². The predicted molar refractivity (Wildman–Crippen MR) is 80.3 cm³/mol. The number of furan rings is 1. The number of nitro groups is 1. The van der Waals surface area contributed by atoms with Gasteiger partial charge in [0.05, 0.1) is 17.0 Å². The molecular formula is C13H10BrClN2O4. The molecule has 0 aliphatic rings. The monoisotopic (exact) mass is 372 g/mol. The van der Waals surface area contributed by atoms with Gasteiger partial charge in [-0.2, -0.15) is 0 Å². The van der Waals surface area contributed by atoms with Gasteiger partial charge in [-0.3, -0.25) is 14.9 Å². The highest BCUT2D eigenvalue weighted by Crippen LogP contribution is 2.28. The summed E-state index contributed by atoms with van der Waals surface area (Å²) in [5.74, 6) is 0.163. The minimum absolute atomic E-state index is 0.0824. The van der Waals surface area contributed by atoms with Crippen LogP contribution >= 0.6 is 27.5 Å². The second kappa shape index (κ2) is 6.28. The van der Waals surface area contributed by atoms with Gasteiger partial charge in [0.2, 0.25) is 0 Å². The Morgan fingerprint density at radius 3 is 2.71 bits per heavy atom. The van der Waals surface area contributed by atoms with E-state index >= 15 is 0 Å². The lowest BCUT2D eigenvalue weighted by Gasteiger charge is -2.16. The molecule has 6 nitrogen and oxygen atoms in total. The Morgan fingerprint density at radius 2 is 2.14 bits per heavy atom. The van der Waals surface area contributed by atoms with Crippen LogP contribution in [0.3, 0.4) is 0 Å². The van der Waals surface area contributed by atoms with E-state index in [1.807, 2.05) is 0 Å². The molecular weight excluding hydrogens is 364 g/mol. The standard InChI is InChI=1S/C13H10BrClN2O4/c1-16(7-8-5-6-11(14)21-8)13(18)9-3-2-4-10(12(9)15)17(19)20/h2-6H,7H2,1H3. The second-order valence-corrected chi connectivity index (χ2v) is 5.42. The van der Waals surface area contributed by atoms with Crippen molar-refractivity contribution in [2.24, 2.45) is 0 Å². The average molecular weight is 374 g/mol. The Labute approximate surface area is 133 Å². The maximum absolute atomic E-state index is 12.3. The third kappa shape index (κ3) is 3.43. The van der Waals surface area contributed by atoms with E-state index in [-0.39, 0.29) is 22.8 Å². The summed E-state index contributed by atoms with van der Waals surface area (Å²) < 4.78 is 5.88. The van der Waals surface area contributed by atoms with E-state index in [1.54, 1.807) is 19.2 Å². The minimum atomic E-state index is -0.622. The van der Waals surface area contributed by atoms with Crippen molar-refractivity contribution in [2.45, 2.75) is 6.54 Å². The summed E-state index contributed by atoms with van der Waals surface area (Å²) in [6, 6.07) is 7.57. The topological polar surface area (TPSA) is 76.6 Å². The number of benzene rings is 1. The molecule has 0 aliphatic heterocycles. The molecule has 110 valence electrons. The van der Waals surface area contributed by atoms with Gasteiger partial charge in [-0.15, -0.1) is 0 Å². The lowest BCUT2D eigenvalue weighted by atomic mass is 10.1. The Bertz CT molecular complexity index is 701. The zero-order valence-electron chi connectivity index (χ0n) is 10.9. The number of nitrogens with zero attached hydrogens (tertiary/aromatic N) is 2. The molecule has 0 spiro atoms. The zero-order valence-corrected chi connectivity index (χ0v) is 13.2. The fourth-order valence-corrected chi connectivity index (χ4v) is 2.39. The fourth-order valence-electron chi connectivity index (χ4n) is 1.77. The minimum Gasteiger partial charge on any atom is -0.452 e. The molecule has 0 radical (unpaired) electrons. The summed E-state index contributed by atoms with van der Waals surface area (Å²) in [7, 11) is 1.56. The first-order chi connectivity index (χ1) is 9.90. The molecule has 1 aromatic heterocycles. The predicted octanol–water partition coefficient (Wildman–Crippen LogP) is 3.88. The van der Waals surface area contributed by atoms with E-state index < -0.39 is 10.8 Å². The number of nitro benzene ring substituents is 1. The van der Waals surface area contributed by atoms with Crippen molar-refractivity contribution in [3.8, 4) is 0 Å². The highest BCUT2D eigenvalue weighted by Gasteiger charge is 2.22. The van der Waals surface area contributed by atoms with Crippen molar-refractivity contribution in [2.75, 3.05) is 7.05 Å². The Balaban J connectivity index is 2.23. The third-order valence-corrected chi connectivity index (χ3v) is 3.60. The molecule has 0 bridgehead atoms. The van der Waals surface area contributed by atoms with Crippen molar-refractivity contribution in [1.82, 2.24) is 4.90 Å². The van der Waals surface area contributed by atoms with Crippen LogP contribution in [0.15, 0.2) is 39.4 Å². The number of hydrogen-bond donors (Lipinski definition) is 0. The molecule has 1 heterocycles. The smallest absolute Gasteiger partial charge is 0.288 e. The zero-order chi connectivity index (χ0) is 15.6. The molecule has 0 saturated heterocycles. The van der Waals surface area contributed by atoms with Gasteiger partial charge in [-0.05, 0) is 34.1 Å². The van der Waals surface area contributed by atoms with E-state index in [1.165, 1.54) is 23.1 Å². The van der Waals surface area contributed by atoms with E-state index in [0.717, 1.165) is 0 Å². The number of carbonyl (C=O) groups is 1. The molecule has 2 aromatic rings. The van der Waals surface area contributed by atoms with Crippen LogP contribution in [0.1, 0.15) is 16.1 Å². The van der Waals surface area contributed by atoms with E-state index in [4.69, 9.17) is 16.0 Å². The molecule has 1 aromatic carbocycles. The van der Waals surface area contributed by atoms with E-state index in [0.29, 0.717) is 10.4 Å². The van der Waals surface area contributed by atoms with Crippen LogP contribution in [-0.2, 0) is 6.54 Å². The SMILES string of the molecule is CN(Cc1ccc(Br)o1)C(=O)c1cccc([N+](=O)[O-])c1Cl. The summed E-state index contributed by atoms with van der Waals surface area (Å²) in [6.07, 6.45) is 0. The molecule has 0 unspecified atom stereocenters. The maximum Gasteiger partial charge on any atom is 0.288 e. The number of amides is 1. The van der Waals surface area contributed by atoms with Crippen LogP contribution in [0.4, 0.5) is 5.69 Å². The first kappa shape index (κ1) is 15.5. The van der Waals surface area contributed by atoms with Crippen LogP contribution in [0.25, 0.3) is 0 Å². The first-order valence-corrected chi connectivity index (χ1v) is 7.00. The van der Waals surface area contributed by atoms with Crippen LogP contribution in [0.5, 0.6) is 0 Å². The van der Waals surface area contributed by atoms with Crippen molar-refractivity contribution < 1.29 is 14.1 Å². The summed E-state index contributed by atoms with van der Waals surface area (Å²) >= 11 is 9.10. The fraction of sp³-hybridized carbons (Fsp3) is 0.154. The Kier molecular flexibility index (Phi) is 4.64. The first-order valence-electron chi connectivity index (χ1n) is 5.82. The normalized spacial score (nSPS) is 10.4. The largest absolute Gasteiger partial charge is 0.452 e. The van der Waals surface area contributed by atoms with Crippen LogP contribution in [0.2, 0.25) is 5.02 Å². The molecule has 0 fully saturated rings. The summed E-state index contributed by atoms with van der Waals surface area (Å²) in [4.78, 5) is 23.9. The van der Waals surface area contributed by atoms with Crippen molar-refractivity contribution in [3.05, 3.63) is 61.5 Å². The van der Waals surface area contributed by atoms with Gasteiger partial charge in [0.15, 0.2) is 4.67 Å². The van der Waals surface area contributed by atoms with Gasteiger partial charge < -0.3 is 9.32 Å². The highest BCUT2D eigenvalue weighted by atomic mass is 79.9. The van der Waals surface area contributed by atoms with Crippen molar-refractivity contribution in [3.63, 3.8) is 0 Å². The lowest BCUT2D eigenvalue weighted by Crippen LogP contribution is -2.26. The molecule has 0 saturated carbocycles. The Hall–Kier alpha value is -1.86. The number of carbonyl (C=O) groups excluding carboxylic acids is 1. The van der Waals surface area contributed by atoms with Gasteiger partial charge in [0.1, 0.15) is 10.8 Å². The summed E-state index contributed by atoms with van der Waals surface area (Å²) in [5, 5.41) is 10.7. The molecule has 1 amide bonds. The molecule has 0 atom stereocenters. The van der Waals surface area contributed by atoms with Gasteiger partial charge in [-0.1, -0.05) is 17.7 Å². The highest BCUT2D eigenvalue weighted by molar-refractivity contribution is 9.10. The number of rotatable bonds is 4. The quantitative estimate of drug-likeness (QED) is 0.602. The second-order valence-electron chi connectivity index (χ2n) is 4.26. The van der Waals surface area contributed by atoms with Crippen molar-refractivity contribution in [1.29, 1.82) is 0 Å². The molecule has 2 rings (SSSR count). The molecule has 21 heavy (non-hydrogen) atoms. The van der Waals surface area contributed by atoms with E-state index in [9.17, 15) is 14.9 Å². The number of hydrogen-bond acceptors (Lipinski definition) is 4. The van der Waals surface area contributed by atoms with Gasteiger partial charge in [0, 0.05) is 13.1 Å². The average Bonchev–Trinajstić information content (AvgIpc) is 2.83. The third-order valence-electron chi connectivity index (χ3n) is 2.77. The van der Waals surface area contributed by atoms with Crippen molar-refractivity contribution >= 4 is 39.1 Å². The van der Waals surface area contributed by atoms with Gasteiger partial charge in [-0.25, -0.2) is 0 Å². The molecule has 8 heteroatoms. The van der Waals surface area contributed by atoms with Crippen LogP contribution in [-0.4, -0.2) is 22.8 Å². The summed E-state index contributed by atoms with van der Waals surface area (Å²) in [6.45, 7) is 0.226. The van der Waals surface area contributed by atoms with Gasteiger partial charge in [0.25, 0.3) is 11.6 Å². The molecule has 0 aliphatic carbocycles. The lowest BCUT2D eigenvalue weighted by molar-refractivity contribution is -0.384. The van der Waals surface area contributed by atoms with E-state index in [2.05, 4.69) is 15.9 Å². The summed E-state index contributed by atoms with van der Waals surface area (Å²) in [5.41, 5.74) is -0.212. The molecule has 0 N–H and O–H groups in total. The van der Waals surface area contributed by atoms with Gasteiger partial charge >= 0.3 is 0 Å². The van der Waals surface area contributed by atoms with Crippen LogP contribution < -0.4 is 0 Å². The maximum atomic E-state index is 12.3. The Morgan fingerprint density at radius 1 is 1.43 bits per heavy atom. The number of halogens is 2.